The highest BCUT2D eigenvalue weighted by molar-refractivity contribution is 5.93. The molecule has 1 aromatic carbocycles. The number of hydrogen-bond acceptors (Lipinski definition) is 6. The highest BCUT2D eigenvalue weighted by Crippen LogP contribution is 2.39. The number of alkyl halides is 6. The van der Waals surface area contributed by atoms with E-state index in [1.165, 1.54) is 30.0 Å². The first-order valence-electron chi connectivity index (χ1n) is 10.5. The Labute approximate surface area is 190 Å². The van der Waals surface area contributed by atoms with Gasteiger partial charge in [0.05, 0.1) is 28.6 Å². The largest absolute Gasteiger partial charge is 0.435 e. The molecule has 0 aliphatic carbocycles. The van der Waals surface area contributed by atoms with E-state index in [9.17, 15) is 31.4 Å². The molecule has 2 aromatic heterocycles. The van der Waals surface area contributed by atoms with Gasteiger partial charge < -0.3 is 15.3 Å². The zero-order valence-electron chi connectivity index (χ0n) is 18.0. The second kappa shape index (κ2) is 8.90. The van der Waals surface area contributed by atoms with E-state index < -0.39 is 29.7 Å². The SMILES string of the molecule is Cc1nnc(NCc2cccc(C(F)(F)F)c2)c2cc(N3CCC(O)CC3)c(C(F)(F)F)nc12. The summed E-state index contributed by atoms with van der Waals surface area (Å²) in [4.78, 5) is 5.40. The maximum absolute atomic E-state index is 13.9. The number of benzene rings is 1. The van der Waals surface area contributed by atoms with Crippen molar-refractivity contribution in [2.45, 2.75) is 44.8 Å². The average molecular weight is 485 g/mol. The molecule has 12 heteroatoms. The van der Waals surface area contributed by atoms with E-state index in [-0.39, 0.29) is 47.7 Å². The van der Waals surface area contributed by atoms with Crippen LogP contribution in [0.1, 0.15) is 35.4 Å². The highest BCUT2D eigenvalue weighted by Gasteiger charge is 2.38. The molecule has 1 aliphatic heterocycles. The molecule has 0 spiro atoms. The van der Waals surface area contributed by atoms with Gasteiger partial charge in [-0.2, -0.15) is 31.4 Å². The molecule has 1 saturated heterocycles. The Hall–Kier alpha value is -3.15. The number of nitrogens with zero attached hydrogens (tertiary/aromatic N) is 4. The fourth-order valence-electron chi connectivity index (χ4n) is 3.92. The van der Waals surface area contributed by atoms with Crippen LogP contribution in [0.2, 0.25) is 0 Å². The quantitative estimate of drug-likeness (QED) is 0.510. The van der Waals surface area contributed by atoms with Crippen molar-refractivity contribution in [3.8, 4) is 0 Å². The molecule has 2 N–H and O–H groups in total. The number of aliphatic hydroxyl groups is 1. The molecule has 1 fully saturated rings. The molecule has 0 atom stereocenters. The molecular formula is C22H21F6N5O. The third-order valence-corrected chi connectivity index (χ3v) is 5.69. The van der Waals surface area contributed by atoms with Gasteiger partial charge in [0.2, 0.25) is 0 Å². The summed E-state index contributed by atoms with van der Waals surface area (Å²) in [5, 5.41) is 20.8. The monoisotopic (exact) mass is 485 g/mol. The lowest BCUT2D eigenvalue weighted by atomic mass is 10.1. The van der Waals surface area contributed by atoms with Gasteiger partial charge >= 0.3 is 12.4 Å². The minimum absolute atomic E-state index is 0.00494. The molecule has 0 amide bonds. The molecule has 4 rings (SSSR count). The van der Waals surface area contributed by atoms with Gasteiger partial charge in [-0.3, -0.25) is 0 Å². The summed E-state index contributed by atoms with van der Waals surface area (Å²) in [5.74, 6) is 0.109. The Bertz CT molecular complexity index is 1190. The number of fused-ring (bicyclic) bond motifs is 1. The summed E-state index contributed by atoms with van der Waals surface area (Å²) in [6, 6.07) is 6.05. The zero-order chi connectivity index (χ0) is 24.7. The molecule has 0 radical (unpaired) electrons. The Morgan fingerprint density at radius 2 is 1.74 bits per heavy atom. The number of aromatic nitrogens is 3. The van der Waals surface area contributed by atoms with Crippen LogP contribution in [0.15, 0.2) is 30.3 Å². The number of anilines is 2. The van der Waals surface area contributed by atoms with Crippen LogP contribution in [0.25, 0.3) is 10.9 Å². The Balaban J connectivity index is 1.73. The molecule has 3 aromatic rings. The van der Waals surface area contributed by atoms with Crippen LogP contribution in [0.5, 0.6) is 0 Å². The van der Waals surface area contributed by atoms with E-state index >= 15 is 0 Å². The molecule has 3 heterocycles. The number of aryl methyl sites for hydroxylation is 1. The van der Waals surface area contributed by atoms with Crippen LogP contribution in [-0.4, -0.2) is 39.5 Å². The number of halogens is 6. The maximum atomic E-state index is 13.9. The first kappa shape index (κ1) is 24.0. The van der Waals surface area contributed by atoms with Gasteiger partial charge in [-0.05, 0) is 43.5 Å². The van der Waals surface area contributed by atoms with E-state index in [1.54, 1.807) is 0 Å². The summed E-state index contributed by atoms with van der Waals surface area (Å²) in [5.41, 5.74) is -1.51. The molecule has 1 aliphatic rings. The number of hydrogen-bond donors (Lipinski definition) is 2. The second-order valence-electron chi connectivity index (χ2n) is 8.15. The van der Waals surface area contributed by atoms with E-state index in [2.05, 4.69) is 20.5 Å². The van der Waals surface area contributed by atoms with Crippen molar-refractivity contribution in [3.05, 3.63) is 52.8 Å². The molecule has 0 saturated carbocycles. The zero-order valence-corrected chi connectivity index (χ0v) is 18.0. The van der Waals surface area contributed by atoms with Crippen molar-refractivity contribution in [2.24, 2.45) is 0 Å². The predicted octanol–water partition coefficient (Wildman–Crippen LogP) is 4.94. The van der Waals surface area contributed by atoms with Crippen LogP contribution in [0, 0.1) is 6.92 Å². The van der Waals surface area contributed by atoms with Crippen LogP contribution in [0.3, 0.4) is 0 Å². The second-order valence-corrected chi connectivity index (χ2v) is 8.15. The van der Waals surface area contributed by atoms with Gasteiger partial charge in [0.25, 0.3) is 0 Å². The molecule has 6 nitrogen and oxygen atoms in total. The van der Waals surface area contributed by atoms with Crippen molar-refractivity contribution in [1.29, 1.82) is 0 Å². The van der Waals surface area contributed by atoms with Gasteiger partial charge in [-0.15, -0.1) is 5.10 Å². The molecule has 0 unspecified atom stereocenters. The smallest absolute Gasteiger partial charge is 0.393 e. The van der Waals surface area contributed by atoms with Gasteiger partial charge in [0.1, 0.15) is 0 Å². The van der Waals surface area contributed by atoms with E-state index in [0.29, 0.717) is 18.4 Å². The summed E-state index contributed by atoms with van der Waals surface area (Å²) in [6.45, 7) is 1.88. The maximum Gasteiger partial charge on any atom is 0.435 e. The van der Waals surface area contributed by atoms with Crippen molar-refractivity contribution in [1.82, 2.24) is 15.2 Å². The summed E-state index contributed by atoms with van der Waals surface area (Å²) < 4.78 is 80.6. The Morgan fingerprint density at radius 3 is 2.38 bits per heavy atom. The fourth-order valence-corrected chi connectivity index (χ4v) is 3.92. The standard InChI is InChI=1S/C22H21F6N5O/c1-12-18-16(10-17(19(30-18)22(26,27)28)33-7-5-15(34)6-8-33)20(32-31-12)29-11-13-3-2-4-14(9-13)21(23,24)25/h2-4,9-10,15,34H,5-8,11H2,1H3,(H,29,32). The van der Waals surface area contributed by atoms with Crippen LogP contribution in [-0.2, 0) is 18.9 Å². The molecule has 34 heavy (non-hydrogen) atoms. The van der Waals surface area contributed by atoms with Gasteiger partial charge in [0, 0.05) is 25.0 Å². The minimum atomic E-state index is -4.72. The number of piperidine rings is 1. The van der Waals surface area contributed by atoms with E-state index in [0.717, 1.165) is 12.1 Å². The van der Waals surface area contributed by atoms with E-state index in [1.807, 2.05) is 0 Å². The third kappa shape index (κ3) is 5.01. The lowest BCUT2D eigenvalue weighted by Crippen LogP contribution is -2.37. The Morgan fingerprint density at radius 1 is 1.03 bits per heavy atom. The number of rotatable bonds is 4. The van der Waals surface area contributed by atoms with Crippen LogP contribution >= 0.6 is 0 Å². The minimum Gasteiger partial charge on any atom is -0.393 e. The third-order valence-electron chi connectivity index (χ3n) is 5.69. The van der Waals surface area contributed by atoms with Crippen molar-refractivity contribution in [3.63, 3.8) is 0 Å². The highest BCUT2D eigenvalue weighted by atomic mass is 19.4. The van der Waals surface area contributed by atoms with Gasteiger partial charge in [0.15, 0.2) is 11.5 Å². The van der Waals surface area contributed by atoms with E-state index in [4.69, 9.17) is 0 Å². The molecular weight excluding hydrogens is 464 g/mol. The van der Waals surface area contributed by atoms with Crippen molar-refractivity contribution < 1.29 is 31.4 Å². The normalized spacial score (nSPS) is 15.7. The average Bonchev–Trinajstić information content (AvgIpc) is 2.77. The molecule has 182 valence electrons. The van der Waals surface area contributed by atoms with Crippen LogP contribution < -0.4 is 10.2 Å². The number of aliphatic hydroxyl groups excluding tert-OH is 1. The number of pyridine rings is 1. The summed E-state index contributed by atoms with van der Waals surface area (Å²) in [6.07, 6.45) is -9.15. The topological polar surface area (TPSA) is 74.2 Å². The summed E-state index contributed by atoms with van der Waals surface area (Å²) >= 11 is 0. The number of nitrogens with one attached hydrogen (secondary N) is 1. The Kier molecular flexibility index (Phi) is 6.28. The van der Waals surface area contributed by atoms with Gasteiger partial charge in [-0.1, -0.05) is 12.1 Å². The van der Waals surface area contributed by atoms with Crippen LogP contribution in [0.4, 0.5) is 37.8 Å². The molecule has 0 bridgehead atoms. The summed E-state index contributed by atoms with van der Waals surface area (Å²) in [7, 11) is 0. The van der Waals surface area contributed by atoms with Gasteiger partial charge in [-0.25, -0.2) is 4.98 Å². The lowest BCUT2D eigenvalue weighted by Gasteiger charge is -2.33. The van der Waals surface area contributed by atoms with Crippen molar-refractivity contribution >= 4 is 22.4 Å². The lowest BCUT2D eigenvalue weighted by molar-refractivity contribution is -0.140. The first-order valence-corrected chi connectivity index (χ1v) is 10.5. The first-order chi connectivity index (χ1) is 15.9. The fraction of sp³-hybridized carbons (Fsp3) is 0.409. The predicted molar refractivity (Wildman–Crippen MR) is 113 cm³/mol. The van der Waals surface area contributed by atoms with Crippen molar-refractivity contribution in [2.75, 3.05) is 23.3 Å².